The molecule has 1 aromatic heterocycles. The first kappa shape index (κ1) is 17.3. The first-order valence-corrected chi connectivity index (χ1v) is 9.60. The van der Waals surface area contributed by atoms with Gasteiger partial charge in [0.25, 0.3) is 5.91 Å². The normalized spacial score (nSPS) is 16.6. The number of H-pyrrole nitrogens is 1. The van der Waals surface area contributed by atoms with Crippen molar-refractivity contribution in [2.24, 2.45) is 0 Å². The monoisotopic (exact) mass is 389 g/mol. The van der Waals surface area contributed by atoms with Crippen LogP contribution < -0.4 is 20.5 Å². The molecule has 2 aromatic carbocycles. The second kappa shape index (κ2) is 6.56. The van der Waals surface area contributed by atoms with Gasteiger partial charge in [-0.25, -0.2) is 17.9 Å². The van der Waals surface area contributed by atoms with Crippen LogP contribution in [-0.2, 0) is 14.8 Å². The molecule has 1 aliphatic heterocycles. The number of rotatable bonds is 5. The van der Waals surface area contributed by atoms with Gasteiger partial charge in [-0.3, -0.25) is 9.78 Å². The van der Waals surface area contributed by atoms with Crippen LogP contribution in [0.3, 0.4) is 0 Å². The van der Waals surface area contributed by atoms with Crippen molar-refractivity contribution in [2.75, 3.05) is 11.9 Å². The number of sulfonamides is 1. The summed E-state index contributed by atoms with van der Waals surface area (Å²) in [5.41, 5.74) is 1.14. The second-order valence-corrected chi connectivity index (χ2v) is 7.72. The number of benzene rings is 2. The molecule has 3 N–H and O–H groups in total. The Hall–Kier alpha value is -3.11. The van der Waals surface area contributed by atoms with Crippen molar-refractivity contribution in [1.82, 2.24) is 9.71 Å². The van der Waals surface area contributed by atoms with Crippen molar-refractivity contribution in [3.8, 4) is 5.75 Å². The molecule has 1 amide bonds. The SMILES string of the molecule is O=C1Nc2ccccc2OC1CCNS(=O)(=O)c1ccc2[nH]c(=O)oc2c1. The van der Waals surface area contributed by atoms with Gasteiger partial charge in [0.1, 0.15) is 5.75 Å². The highest BCUT2D eigenvalue weighted by atomic mass is 32.2. The minimum Gasteiger partial charge on any atom is -0.478 e. The van der Waals surface area contributed by atoms with Crippen LogP contribution in [0.5, 0.6) is 5.75 Å². The fourth-order valence-corrected chi connectivity index (χ4v) is 3.85. The summed E-state index contributed by atoms with van der Waals surface area (Å²) >= 11 is 0. The average Bonchev–Trinajstić information content (AvgIpc) is 3.01. The molecular formula is C17H15N3O6S. The molecule has 2 heterocycles. The van der Waals surface area contributed by atoms with E-state index < -0.39 is 21.9 Å². The quantitative estimate of drug-likeness (QED) is 0.601. The number of oxazole rings is 1. The van der Waals surface area contributed by atoms with Gasteiger partial charge in [0.05, 0.1) is 16.1 Å². The number of amides is 1. The molecule has 0 fully saturated rings. The highest BCUT2D eigenvalue weighted by Gasteiger charge is 2.27. The smallest absolute Gasteiger partial charge is 0.417 e. The molecule has 0 aliphatic carbocycles. The molecule has 4 rings (SSSR count). The molecule has 0 spiro atoms. The predicted molar refractivity (Wildman–Crippen MR) is 96.1 cm³/mol. The summed E-state index contributed by atoms with van der Waals surface area (Å²) in [6.07, 6.45) is -0.645. The Morgan fingerprint density at radius 2 is 1.93 bits per heavy atom. The second-order valence-electron chi connectivity index (χ2n) is 5.95. The minimum absolute atomic E-state index is 0.00227. The lowest BCUT2D eigenvalue weighted by atomic mass is 10.2. The lowest BCUT2D eigenvalue weighted by Gasteiger charge is -2.25. The molecule has 1 aliphatic rings. The van der Waals surface area contributed by atoms with E-state index in [2.05, 4.69) is 15.0 Å². The molecule has 1 unspecified atom stereocenters. The van der Waals surface area contributed by atoms with Crippen molar-refractivity contribution in [3.63, 3.8) is 0 Å². The summed E-state index contributed by atoms with van der Waals surface area (Å²) < 4.78 is 37.8. The van der Waals surface area contributed by atoms with E-state index in [-0.39, 0.29) is 29.4 Å². The van der Waals surface area contributed by atoms with Crippen LogP contribution in [0, 0.1) is 0 Å². The third kappa shape index (κ3) is 3.44. The number of aromatic amines is 1. The molecule has 10 heteroatoms. The number of hydrogen-bond donors (Lipinski definition) is 3. The van der Waals surface area contributed by atoms with Gasteiger partial charge >= 0.3 is 5.76 Å². The van der Waals surface area contributed by atoms with Gasteiger partial charge < -0.3 is 14.5 Å². The molecule has 0 bridgehead atoms. The molecular weight excluding hydrogens is 374 g/mol. The molecule has 0 saturated heterocycles. The Morgan fingerprint density at radius 1 is 1.11 bits per heavy atom. The van der Waals surface area contributed by atoms with Gasteiger partial charge in [-0.1, -0.05) is 12.1 Å². The van der Waals surface area contributed by atoms with Gasteiger partial charge in [-0.2, -0.15) is 0 Å². The van der Waals surface area contributed by atoms with Crippen molar-refractivity contribution in [1.29, 1.82) is 0 Å². The fraction of sp³-hybridized carbons (Fsp3) is 0.176. The highest BCUT2D eigenvalue weighted by molar-refractivity contribution is 7.89. The van der Waals surface area contributed by atoms with Gasteiger partial charge in [-0.05, 0) is 24.3 Å². The van der Waals surface area contributed by atoms with Crippen LogP contribution in [0.15, 0.2) is 56.6 Å². The van der Waals surface area contributed by atoms with Crippen LogP contribution in [0.4, 0.5) is 5.69 Å². The Morgan fingerprint density at radius 3 is 2.78 bits per heavy atom. The van der Waals surface area contributed by atoms with E-state index >= 15 is 0 Å². The standard InChI is InChI=1S/C17H15N3O6S/c21-16-14(25-13-4-2-1-3-11(13)19-16)7-8-18-27(23,24)10-5-6-12-15(9-10)26-17(22)20-12/h1-6,9,14,18H,7-8H2,(H,19,21)(H,20,22). The zero-order valence-electron chi connectivity index (χ0n) is 13.9. The van der Waals surface area contributed by atoms with Gasteiger partial charge in [0.15, 0.2) is 11.7 Å². The number of nitrogens with one attached hydrogen (secondary N) is 3. The number of para-hydroxylation sites is 2. The zero-order chi connectivity index (χ0) is 19.0. The molecule has 0 saturated carbocycles. The molecule has 9 nitrogen and oxygen atoms in total. The zero-order valence-corrected chi connectivity index (χ0v) is 14.7. The summed E-state index contributed by atoms with van der Waals surface area (Å²) in [6.45, 7) is -0.00227. The number of carbonyl (C=O) groups is 1. The Bertz CT molecular complexity index is 1180. The Labute approximate surface area is 153 Å². The van der Waals surface area contributed by atoms with Crippen molar-refractivity contribution >= 4 is 32.7 Å². The fourth-order valence-electron chi connectivity index (χ4n) is 2.78. The third-order valence-electron chi connectivity index (χ3n) is 4.11. The number of aromatic nitrogens is 1. The summed E-state index contributed by atoms with van der Waals surface area (Å²) in [7, 11) is -3.83. The summed E-state index contributed by atoms with van der Waals surface area (Å²) in [5.74, 6) is -0.449. The van der Waals surface area contributed by atoms with E-state index in [0.29, 0.717) is 17.0 Å². The largest absolute Gasteiger partial charge is 0.478 e. The van der Waals surface area contributed by atoms with Crippen LogP contribution in [0.1, 0.15) is 6.42 Å². The van der Waals surface area contributed by atoms with E-state index in [4.69, 9.17) is 9.15 Å². The highest BCUT2D eigenvalue weighted by Crippen LogP contribution is 2.29. The number of fused-ring (bicyclic) bond motifs is 2. The minimum atomic E-state index is -3.83. The summed E-state index contributed by atoms with van der Waals surface area (Å²) in [6, 6.07) is 11.1. The summed E-state index contributed by atoms with van der Waals surface area (Å²) in [5, 5.41) is 2.73. The lowest BCUT2D eigenvalue weighted by Crippen LogP contribution is -2.39. The molecule has 3 aromatic rings. The average molecular weight is 389 g/mol. The van der Waals surface area contributed by atoms with E-state index in [0.717, 1.165) is 0 Å². The maximum Gasteiger partial charge on any atom is 0.417 e. The molecule has 27 heavy (non-hydrogen) atoms. The third-order valence-corrected chi connectivity index (χ3v) is 5.57. The van der Waals surface area contributed by atoms with Gasteiger partial charge in [0.2, 0.25) is 10.0 Å². The van der Waals surface area contributed by atoms with Crippen molar-refractivity contribution in [2.45, 2.75) is 17.4 Å². The topological polar surface area (TPSA) is 130 Å². The first-order chi connectivity index (χ1) is 12.9. The Kier molecular flexibility index (Phi) is 4.21. The van der Waals surface area contributed by atoms with Gasteiger partial charge in [-0.15, -0.1) is 0 Å². The van der Waals surface area contributed by atoms with E-state index in [9.17, 15) is 18.0 Å². The van der Waals surface area contributed by atoms with Crippen LogP contribution in [0.25, 0.3) is 11.1 Å². The van der Waals surface area contributed by atoms with Crippen LogP contribution in [0.2, 0.25) is 0 Å². The maximum absolute atomic E-state index is 12.4. The van der Waals surface area contributed by atoms with E-state index in [1.807, 2.05) is 0 Å². The molecule has 0 radical (unpaired) electrons. The number of ether oxygens (including phenoxy) is 1. The number of anilines is 1. The number of carbonyl (C=O) groups excluding carboxylic acids is 1. The Balaban J connectivity index is 1.43. The van der Waals surface area contributed by atoms with Crippen molar-refractivity contribution < 1.29 is 22.4 Å². The number of hydrogen-bond acceptors (Lipinski definition) is 6. The van der Waals surface area contributed by atoms with Crippen LogP contribution in [-0.4, -0.2) is 32.0 Å². The molecule has 1 atom stereocenters. The maximum atomic E-state index is 12.4. The van der Waals surface area contributed by atoms with Crippen molar-refractivity contribution in [3.05, 3.63) is 53.0 Å². The summed E-state index contributed by atoms with van der Waals surface area (Å²) in [4.78, 5) is 25.6. The lowest BCUT2D eigenvalue weighted by molar-refractivity contribution is -0.123. The molecule has 140 valence electrons. The van der Waals surface area contributed by atoms with E-state index in [1.54, 1.807) is 24.3 Å². The van der Waals surface area contributed by atoms with E-state index in [1.165, 1.54) is 18.2 Å². The predicted octanol–water partition coefficient (Wildman–Crippen LogP) is 1.19. The van der Waals surface area contributed by atoms with Gasteiger partial charge in [0, 0.05) is 19.0 Å². The first-order valence-electron chi connectivity index (χ1n) is 8.11. The van der Waals surface area contributed by atoms with Crippen LogP contribution >= 0.6 is 0 Å².